The van der Waals surface area contributed by atoms with Gasteiger partial charge in [0.2, 0.25) is 0 Å². The van der Waals surface area contributed by atoms with Crippen LogP contribution < -0.4 is 5.32 Å². The van der Waals surface area contributed by atoms with E-state index in [0.29, 0.717) is 28.6 Å². The molecule has 1 aromatic carbocycles. The molecule has 2 atom stereocenters. The number of fused-ring (bicyclic) bond motifs is 2. The lowest BCUT2D eigenvalue weighted by Gasteiger charge is -2.35. The molecule has 0 saturated carbocycles. The molecule has 2 fully saturated rings. The Morgan fingerprint density at radius 3 is 2.58 bits per heavy atom. The number of nitrogens with zero attached hydrogens (tertiary/aromatic N) is 1. The fourth-order valence-electron chi connectivity index (χ4n) is 3.94. The molecule has 1 amide bonds. The van der Waals surface area contributed by atoms with Crippen molar-refractivity contribution in [2.24, 2.45) is 0 Å². The van der Waals surface area contributed by atoms with Crippen molar-refractivity contribution < 1.29 is 9.21 Å². The topological polar surface area (TPSA) is 45.5 Å². The Balaban J connectivity index is 1.52. The number of carbonyl (C=O) groups excluding carboxylic acids is 1. The van der Waals surface area contributed by atoms with Crippen LogP contribution in [0.4, 0.5) is 0 Å². The van der Waals surface area contributed by atoms with Gasteiger partial charge in [0.05, 0.1) is 5.02 Å². The second kappa shape index (κ2) is 6.26. The van der Waals surface area contributed by atoms with E-state index in [1.54, 1.807) is 6.07 Å². The van der Waals surface area contributed by atoms with Crippen molar-refractivity contribution in [3.63, 3.8) is 0 Å². The number of piperidine rings is 1. The molecule has 3 heterocycles. The summed E-state index contributed by atoms with van der Waals surface area (Å²) in [6.45, 7) is 0. The lowest BCUT2D eigenvalue weighted by molar-refractivity contribution is 0.0650. The maximum absolute atomic E-state index is 12.8. The number of hydrogen-bond donors (Lipinski definition) is 1. The van der Waals surface area contributed by atoms with Crippen LogP contribution in [0.5, 0.6) is 0 Å². The summed E-state index contributed by atoms with van der Waals surface area (Å²) in [5.41, 5.74) is 0.806. The van der Waals surface area contributed by atoms with Gasteiger partial charge in [0.25, 0.3) is 5.91 Å². The SMILES string of the molecule is CN(C(=O)c1ccc(-c2ccccc2Cl)o1)C1CC2CCC(C1)N2. The molecule has 2 aromatic rings. The first kappa shape index (κ1) is 15.7. The molecule has 2 saturated heterocycles. The van der Waals surface area contributed by atoms with E-state index in [0.717, 1.165) is 18.4 Å². The van der Waals surface area contributed by atoms with Crippen LogP contribution in [0.1, 0.15) is 36.2 Å². The van der Waals surface area contributed by atoms with Crippen LogP contribution in [0, 0.1) is 0 Å². The highest BCUT2D eigenvalue weighted by Crippen LogP contribution is 2.32. The van der Waals surface area contributed by atoms with Crippen LogP contribution in [-0.2, 0) is 0 Å². The van der Waals surface area contributed by atoms with E-state index >= 15 is 0 Å². The highest BCUT2D eigenvalue weighted by molar-refractivity contribution is 6.33. The molecule has 4 rings (SSSR count). The van der Waals surface area contributed by atoms with Crippen molar-refractivity contribution >= 4 is 17.5 Å². The number of amides is 1. The molecule has 0 radical (unpaired) electrons. The first-order valence-electron chi connectivity index (χ1n) is 8.50. The van der Waals surface area contributed by atoms with Crippen molar-refractivity contribution in [3.8, 4) is 11.3 Å². The zero-order valence-corrected chi connectivity index (χ0v) is 14.4. The molecule has 126 valence electrons. The summed E-state index contributed by atoms with van der Waals surface area (Å²) in [6, 6.07) is 12.4. The van der Waals surface area contributed by atoms with Gasteiger partial charge < -0.3 is 14.6 Å². The average Bonchev–Trinajstić information content (AvgIpc) is 3.20. The molecule has 24 heavy (non-hydrogen) atoms. The number of nitrogens with one attached hydrogen (secondary N) is 1. The Kier molecular flexibility index (Phi) is 4.10. The van der Waals surface area contributed by atoms with Gasteiger partial charge in [0.1, 0.15) is 5.76 Å². The van der Waals surface area contributed by atoms with Gasteiger partial charge in [-0.15, -0.1) is 0 Å². The Hall–Kier alpha value is -1.78. The fraction of sp³-hybridized carbons (Fsp3) is 0.421. The monoisotopic (exact) mass is 344 g/mol. The van der Waals surface area contributed by atoms with Crippen LogP contribution in [-0.4, -0.2) is 36.0 Å². The maximum Gasteiger partial charge on any atom is 0.289 e. The van der Waals surface area contributed by atoms with E-state index in [2.05, 4.69) is 5.32 Å². The van der Waals surface area contributed by atoms with E-state index < -0.39 is 0 Å². The minimum atomic E-state index is -0.0559. The zero-order valence-electron chi connectivity index (χ0n) is 13.7. The summed E-state index contributed by atoms with van der Waals surface area (Å²) in [7, 11) is 1.88. The maximum atomic E-state index is 12.8. The zero-order chi connectivity index (χ0) is 16.7. The fourth-order valence-corrected chi connectivity index (χ4v) is 4.17. The molecular weight excluding hydrogens is 324 g/mol. The number of hydrogen-bond acceptors (Lipinski definition) is 3. The molecule has 1 N–H and O–H groups in total. The Labute approximate surface area is 146 Å². The lowest BCUT2D eigenvalue weighted by atomic mass is 9.98. The Morgan fingerprint density at radius 1 is 1.17 bits per heavy atom. The Morgan fingerprint density at radius 2 is 1.88 bits per heavy atom. The van der Waals surface area contributed by atoms with Crippen molar-refractivity contribution in [2.75, 3.05) is 7.05 Å². The Bertz CT molecular complexity index is 745. The van der Waals surface area contributed by atoms with Gasteiger partial charge in [-0.3, -0.25) is 4.79 Å². The second-order valence-corrected chi connectivity index (χ2v) is 7.23. The molecule has 2 unspecified atom stereocenters. The van der Waals surface area contributed by atoms with Gasteiger partial charge in [0, 0.05) is 30.7 Å². The molecule has 5 heteroatoms. The number of carbonyl (C=O) groups is 1. The number of benzene rings is 1. The molecule has 2 bridgehead atoms. The van der Waals surface area contributed by atoms with E-state index in [9.17, 15) is 4.79 Å². The van der Waals surface area contributed by atoms with Crippen molar-refractivity contribution in [2.45, 2.75) is 43.8 Å². The third-order valence-corrected chi connectivity index (χ3v) is 5.60. The summed E-state index contributed by atoms with van der Waals surface area (Å²) in [5.74, 6) is 0.945. The van der Waals surface area contributed by atoms with E-state index in [4.69, 9.17) is 16.0 Å². The first-order chi connectivity index (χ1) is 11.6. The van der Waals surface area contributed by atoms with Gasteiger partial charge in [-0.1, -0.05) is 23.7 Å². The van der Waals surface area contributed by atoms with E-state index in [1.165, 1.54) is 12.8 Å². The molecule has 1 aromatic heterocycles. The highest BCUT2D eigenvalue weighted by Gasteiger charge is 2.37. The van der Waals surface area contributed by atoms with Crippen LogP contribution in [0.2, 0.25) is 5.02 Å². The smallest absolute Gasteiger partial charge is 0.289 e. The van der Waals surface area contributed by atoms with Crippen LogP contribution in [0.15, 0.2) is 40.8 Å². The van der Waals surface area contributed by atoms with Gasteiger partial charge in [0.15, 0.2) is 5.76 Å². The molecule has 2 aliphatic rings. The predicted molar refractivity (Wildman–Crippen MR) is 94.2 cm³/mol. The highest BCUT2D eigenvalue weighted by atomic mass is 35.5. The van der Waals surface area contributed by atoms with E-state index in [1.807, 2.05) is 42.3 Å². The minimum Gasteiger partial charge on any atom is -0.451 e. The van der Waals surface area contributed by atoms with Crippen LogP contribution in [0.25, 0.3) is 11.3 Å². The van der Waals surface area contributed by atoms with Gasteiger partial charge in [-0.2, -0.15) is 0 Å². The van der Waals surface area contributed by atoms with Gasteiger partial charge in [-0.25, -0.2) is 0 Å². The minimum absolute atomic E-state index is 0.0559. The molecule has 0 aliphatic carbocycles. The van der Waals surface area contributed by atoms with Crippen LogP contribution in [0.3, 0.4) is 0 Å². The standard InChI is InChI=1S/C19H21ClN2O2/c1-22(14-10-12-6-7-13(11-14)21-12)19(23)18-9-8-17(24-18)15-4-2-3-5-16(15)20/h2-5,8-9,12-14,21H,6-7,10-11H2,1H3. The van der Waals surface area contributed by atoms with Gasteiger partial charge >= 0.3 is 0 Å². The molecular formula is C19H21ClN2O2. The summed E-state index contributed by atoms with van der Waals surface area (Å²) in [5, 5.41) is 4.23. The van der Waals surface area contributed by atoms with Crippen molar-refractivity contribution in [1.29, 1.82) is 0 Å². The largest absolute Gasteiger partial charge is 0.451 e. The van der Waals surface area contributed by atoms with Gasteiger partial charge in [-0.05, 0) is 49.9 Å². The summed E-state index contributed by atoms with van der Waals surface area (Å²) in [4.78, 5) is 14.6. The normalized spacial score (nSPS) is 25.7. The average molecular weight is 345 g/mol. The quantitative estimate of drug-likeness (QED) is 0.916. The number of furan rings is 1. The number of rotatable bonds is 3. The first-order valence-corrected chi connectivity index (χ1v) is 8.87. The lowest BCUT2D eigenvalue weighted by Crippen LogP contribution is -2.48. The molecule has 2 aliphatic heterocycles. The summed E-state index contributed by atoms with van der Waals surface area (Å²) >= 11 is 6.21. The van der Waals surface area contributed by atoms with Crippen LogP contribution >= 0.6 is 11.6 Å². The van der Waals surface area contributed by atoms with E-state index in [-0.39, 0.29) is 11.9 Å². The van der Waals surface area contributed by atoms with Crippen molar-refractivity contribution in [3.05, 3.63) is 47.2 Å². The van der Waals surface area contributed by atoms with Crippen molar-refractivity contribution in [1.82, 2.24) is 10.2 Å². The second-order valence-electron chi connectivity index (χ2n) is 6.82. The summed E-state index contributed by atoms with van der Waals surface area (Å²) in [6.07, 6.45) is 4.49. The summed E-state index contributed by atoms with van der Waals surface area (Å²) < 4.78 is 5.80. The third kappa shape index (κ3) is 2.85. The molecule has 4 nitrogen and oxygen atoms in total. The third-order valence-electron chi connectivity index (χ3n) is 5.27. The predicted octanol–water partition coefficient (Wildman–Crippen LogP) is 3.96. The molecule has 0 spiro atoms. The number of halogens is 1.